The van der Waals surface area contributed by atoms with E-state index in [-0.39, 0.29) is 12.1 Å². The summed E-state index contributed by atoms with van der Waals surface area (Å²) in [5, 5.41) is 2.90. The van der Waals surface area contributed by atoms with Crippen LogP contribution >= 0.6 is 23.1 Å². The fourth-order valence-corrected chi connectivity index (χ4v) is 3.76. The molecule has 2 rings (SSSR count). The third kappa shape index (κ3) is 3.30. The number of thioether (sulfide) groups is 1. The number of thiazole rings is 1. The highest BCUT2D eigenvalue weighted by atomic mass is 32.2. The van der Waals surface area contributed by atoms with E-state index in [2.05, 4.69) is 4.98 Å². The minimum Gasteiger partial charge on any atom is -0.465 e. The van der Waals surface area contributed by atoms with Crippen LogP contribution in [-0.2, 0) is 19.7 Å². The SMILES string of the molecule is CCOC(=O)C(C)(C)c1csc(C2CSCCO2)n1. The Labute approximate surface area is 121 Å². The minimum absolute atomic E-state index is 0.0653. The third-order valence-electron chi connectivity index (χ3n) is 3.04. The molecule has 0 spiro atoms. The van der Waals surface area contributed by atoms with Gasteiger partial charge in [0, 0.05) is 16.9 Å². The molecule has 1 unspecified atom stereocenters. The van der Waals surface area contributed by atoms with Crippen molar-refractivity contribution in [1.82, 2.24) is 4.98 Å². The standard InChI is InChI=1S/C13H19NO3S2/c1-4-16-12(15)13(2,3)10-8-19-11(14-10)9-7-18-6-5-17-9/h8-9H,4-7H2,1-3H3. The van der Waals surface area contributed by atoms with Gasteiger partial charge in [0.15, 0.2) is 0 Å². The fourth-order valence-electron chi connectivity index (χ4n) is 1.77. The quantitative estimate of drug-likeness (QED) is 0.800. The zero-order chi connectivity index (χ0) is 13.9. The van der Waals surface area contributed by atoms with Crippen molar-refractivity contribution in [2.24, 2.45) is 0 Å². The maximum atomic E-state index is 12.0. The Balaban J connectivity index is 2.13. The molecule has 19 heavy (non-hydrogen) atoms. The molecule has 0 N–H and O–H groups in total. The largest absolute Gasteiger partial charge is 0.465 e. The van der Waals surface area contributed by atoms with E-state index in [4.69, 9.17) is 9.47 Å². The van der Waals surface area contributed by atoms with Crippen molar-refractivity contribution in [2.45, 2.75) is 32.3 Å². The highest BCUT2D eigenvalue weighted by Gasteiger charge is 2.34. The van der Waals surface area contributed by atoms with Crippen molar-refractivity contribution < 1.29 is 14.3 Å². The molecule has 6 heteroatoms. The fraction of sp³-hybridized carbons (Fsp3) is 0.692. The van der Waals surface area contributed by atoms with E-state index in [1.165, 1.54) is 0 Å². The average Bonchev–Trinajstić information content (AvgIpc) is 2.90. The van der Waals surface area contributed by atoms with Crippen molar-refractivity contribution >= 4 is 29.1 Å². The predicted molar refractivity (Wildman–Crippen MR) is 77.8 cm³/mol. The Morgan fingerprint density at radius 1 is 1.63 bits per heavy atom. The molecule has 0 aliphatic carbocycles. The number of ether oxygens (including phenoxy) is 2. The Bertz CT molecular complexity index is 439. The van der Waals surface area contributed by atoms with Gasteiger partial charge in [-0.05, 0) is 20.8 Å². The Hall–Kier alpha value is -0.590. The maximum Gasteiger partial charge on any atom is 0.317 e. The second-order valence-electron chi connectivity index (χ2n) is 4.85. The number of carbonyl (C=O) groups excluding carboxylic acids is 1. The molecular formula is C13H19NO3S2. The molecule has 1 saturated heterocycles. The van der Waals surface area contributed by atoms with E-state index < -0.39 is 5.41 Å². The van der Waals surface area contributed by atoms with Crippen LogP contribution < -0.4 is 0 Å². The second kappa shape index (κ2) is 6.24. The molecule has 1 aliphatic heterocycles. The molecule has 0 amide bonds. The molecule has 1 aromatic rings. The first-order chi connectivity index (χ1) is 9.05. The number of esters is 1. The Kier molecular flexibility index (Phi) is 4.86. The molecule has 106 valence electrons. The van der Waals surface area contributed by atoms with Crippen LogP contribution in [0.4, 0.5) is 0 Å². The van der Waals surface area contributed by atoms with Crippen molar-refractivity contribution in [2.75, 3.05) is 24.7 Å². The van der Waals surface area contributed by atoms with Crippen LogP contribution in [0.2, 0.25) is 0 Å². The lowest BCUT2D eigenvalue weighted by Gasteiger charge is -2.21. The van der Waals surface area contributed by atoms with Crippen LogP contribution in [0.1, 0.15) is 37.6 Å². The Morgan fingerprint density at radius 2 is 2.42 bits per heavy atom. The van der Waals surface area contributed by atoms with Crippen LogP contribution in [0.3, 0.4) is 0 Å². The van der Waals surface area contributed by atoms with E-state index in [1.54, 1.807) is 11.3 Å². The van der Waals surface area contributed by atoms with Crippen molar-refractivity contribution in [3.05, 3.63) is 16.1 Å². The number of rotatable bonds is 4. The van der Waals surface area contributed by atoms with Crippen molar-refractivity contribution in [1.29, 1.82) is 0 Å². The lowest BCUT2D eigenvalue weighted by Crippen LogP contribution is -2.31. The first kappa shape index (κ1) is 14.8. The molecule has 0 radical (unpaired) electrons. The second-order valence-corrected chi connectivity index (χ2v) is 6.89. The molecule has 1 aliphatic rings. The number of hydrogen-bond donors (Lipinski definition) is 0. The normalized spacial score (nSPS) is 20.3. The molecule has 4 nitrogen and oxygen atoms in total. The molecule has 1 atom stereocenters. The first-order valence-electron chi connectivity index (χ1n) is 6.38. The van der Waals surface area contributed by atoms with E-state index in [9.17, 15) is 4.79 Å². The van der Waals surface area contributed by atoms with Gasteiger partial charge < -0.3 is 9.47 Å². The molecule has 1 fully saturated rings. The van der Waals surface area contributed by atoms with Crippen LogP contribution in [0.25, 0.3) is 0 Å². The summed E-state index contributed by atoms with van der Waals surface area (Å²) in [5.74, 6) is 1.75. The van der Waals surface area contributed by atoms with Gasteiger partial charge in [0.1, 0.15) is 16.5 Å². The van der Waals surface area contributed by atoms with Crippen molar-refractivity contribution in [3.63, 3.8) is 0 Å². The molecular weight excluding hydrogens is 282 g/mol. The average molecular weight is 301 g/mol. The Morgan fingerprint density at radius 3 is 3.05 bits per heavy atom. The lowest BCUT2D eigenvalue weighted by atomic mass is 9.90. The summed E-state index contributed by atoms with van der Waals surface area (Å²) in [6.45, 7) is 6.67. The van der Waals surface area contributed by atoms with E-state index in [1.807, 2.05) is 37.9 Å². The van der Waals surface area contributed by atoms with Crippen LogP contribution in [0.5, 0.6) is 0 Å². The zero-order valence-electron chi connectivity index (χ0n) is 11.5. The van der Waals surface area contributed by atoms with Gasteiger partial charge in [-0.15, -0.1) is 11.3 Å². The number of carbonyl (C=O) groups is 1. The highest BCUT2D eigenvalue weighted by Crippen LogP contribution is 2.32. The third-order valence-corrected chi connectivity index (χ3v) is 4.97. The van der Waals surface area contributed by atoms with Crippen LogP contribution in [0.15, 0.2) is 5.38 Å². The van der Waals surface area contributed by atoms with Gasteiger partial charge >= 0.3 is 5.97 Å². The van der Waals surface area contributed by atoms with Gasteiger partial charge in [-0.1, -0.05) is 0 Å². The summed E-state index contributed by atoms with van der Waals surface area (Å²) >= 11 is 3.44. The highest BCUT2D eigenvalue weighted by molar-refractivity contribution is 7.99. The molecule has 0 bridgehead atoms. The molecule has 2 heterocycles. The molecule has 0 aromatic carbocycles. The number of hydrogen-bond acceptors (Lipinski definition) is 6. The minimum atomic E-state index is -0.702. The smallest absolute Gasteiger partial charge is 0.317 e. The predicted octanol–water partition coefficient (Wildman–Crippen LogP) is 2.79. The summed E-state index contributed by atoms with van der Waals surface area (Å²) in [6.07, 6.45) is 0.0653. The number of aromatic nitrogens is 1. The number of nitrogens with zero attached hydrogens (tertiary/aromatic N) is 1. The van der Waals surface area contributed by atoms with Gasteiger partial charge in [-0.2, -0.15) is 11.8 Å². The monoisotopic (exact) mass is 301 g/mol. The van der Waals surface area contributed by atoms with Gasteiger partial charge in [-0.25, -0.2) is 4.98 Å². The van der Waals surface area contributed by atoms with Crippen molar-refractivity contribution in [3.8, 4) is 0 Å². The maximum absolute atomic E-state index is 12.0. The molecule has 0 saturated carbocycles. The summed E-state index contributed by atoms with van der Waals surface area (Å²) in [5.41, 5.74) is 0.0668. The van der Waals surface area contributed by atoms with E-state index in [0.29, 0.717) is 6.61 Å². The van der Waals surface area contributed by atoms with Gasteiger partial charge in [0.2, 0.25) is 0 Å². The van der Waals surface area contributed by atoms with E-state index in [0.717, 1.165) is 28.8 Å². The molecule has 1 aromatic heterocycles. The topological polar surface area (TPSA) is 48.4 Å². The summed E-state index contributed by atoms with van der Waals surface area (Å²) in [6, 6.07) is 0. The van der Waals surface area contributed by atoms with Crippen LogP contribution in [-0.4, -0.2) is 35.7 Å². The summed E-state index contributed by atoms with van der Waals surface area (Å²) < 4.78 is 10.8. The van der Waals surface area contributed by atoms with Gasteiger partial charge in [-0.3, -0.25) is 4.79 Å². The lowest BCUT2D eigenvalue weighted by molar-refractivity contribution is -0.148. The first-order valence-corrected chi connectivity index (χ1v) is 8.41. The van der Waals surface area contributed by atoms with Gasteiger partial charge in [0.25, 0.3) is 0 Å². The van der Waals surface area contributed by atoms with Crippen LogP contribution in [0, 0.1) is 0 Å². The van der Waals surface area contributed by atoms with E-state index >= 15 is 0 Å². The summed E-state index contributed by atoms with van der Waals surface area (Å²) in [7, 11) is 0. The summed E-state index contributed by atoms with van der Waals surface area (Å²) in [4.78, 5) is 16.5. The van der Waals surface area contributed by atoms with Gasteiger partial charge in [0.05, 0.1) is 18.9 Å². The zero-order valence-corrected chi connectivity index (χ0v) is 13.1.